The fourth-order valence-corrected chi connectivity index (χ4v) is 3.86. The van der Waals surface area contributed by atoms with Gasteiger partial charge in [0.1, 0.15) is 30.2 Å². The highest BCUT2D eigenvalue weighted by Gasteiger charge is 2.44. The molecule has 2 aromatic carbocycles. The number of aliphatic hydroxyl groups is 3. The van der Waals surface area contributed by atoms with Gasteiger partial charge in [0.25, 0.3) is 0 Å². The number of halogens is 1. The maximum Gasteiger partial charge on any atom is 0.186 e. The summed E-state index contributed by atoms with van der Waals surface area (Å²) >= 11 is 6.56. The molecule has 0 bridgehead atoms. The van der Waals surface area contributed by atoms with Gasteiger partial charge in [-0.05, 0) is 55.3 Å². The molecule has 1 aliphatic heterocycles. The van der Waals surface area contributed by atoms with Crippen molar-refractivity contribution < 1.29 is 29.5 Å². The minimum Gasteiger partial charge on any atom is -0.494 e. The van der Waals surface area contributed by atoms with Crippen LogP contribution in [-0.4, -0.2) is 65.9 Å². The number of ether oxygens (including phenoxy) is 3. The van der Waals surface area contributed by atoms with Crippen LogP contribution in [0.5, 0.6) is 5.75 Å². The highest BCUT2D eigenvalue weighted by molar-refractivity contribution is 6.35. The van der Waals surface area contributed by atoms with E-state index in [1.807, 2.05) is 38.1 Å². The van der Waals surface area contributed by atoms with Crippen LogP contribution < -0.4 is 4.74 Å². The van der Waals surface area contributed by atoms with Gasteiger partial charge in [-0.25, -0.2) is 0 Å². The Morgan fingerprint density at radius 2 is 1.75 bits per heavy atom. The van der Waals surface area contributed by atoms with Gasteiger partial charge in [0.15, 0.2) is 6.29 Å². The van der Waals surface area contributed by atoms with Gasteiger partial charge in [-0.1, -0.05) is 24.6 Å². The lowest BCUT2D eigenvalue weighted by atomic mass is 9.91. The number of aliphatic hydroxyl groups excluding tert-OH is 3. The molecule has 5 atom stereocenters. The summed E-state index contributed by atoms with van der Waals surface area (Å²) in [5.74, 6) is 0.766. The predicted molar refractivity (Wildman–Crippen MR) is 123 cm³/mol. The van der Waals surface area contributed by atoms with Crippen molar-refractivity contribution in [1.29, 1.82) is 0 Å². The summed E-state index contributed by atoms with van der Waals surface area (Å²) in [7, 11) is 1.37. The smallest absolute Gasteiger partial charge is 0.186 e. The molecule has 0 unspecified atom stereocenters. The summed E-state index contributed by atoms with van der Waals surface area (Å²) in [6, 6.07) is 12.8. The van der Waals surface area contributed by atoms with E-state index < -0.39 is 30.7 Å². The van der Waals surface area contributed by atoms with Crippen molar-refractivity contribution in [3.05, 3.63) is 64.2 Å². The first kappa shape index (κ1) is 24.6. The van der Waals surface area contributed by atoms with Gasteiger partial charge in [-0.15, -0.1) is 0 Å². The molecule has 8 heteroatoms. The molecule has 32 heavy (non-hydrogen) atoms. The van der Waals surface area contributed by atoms with Crippen molar-refractivity contribution in [1.82, 2.24) is 0 Å². The minimum absolute atomic E-state index is 0.492. The highest BCUT2D eigenvalue weighted by Crippen LogP contribution is 2.35. The quantitative estimate of drug-likeness (QED) is 0.520. The van der Waals surface area contributed by atoms with Crippen LogP contribution in [0.25, 0.3) is 0 Å². The Labute approximate surface area is 193 Å². The zero-order valence-electron chi connectivity index (χ0n) is 18.4. The number of methoxy groups -OCH3 is 1. The molecular weight excluding hydrogens is 434 g/mol. The van der Waals surface area contributed by atoms with Gasteiger partial charge in [-0.3, -0.25) is 4.99 Å². The van der Waals surface area contributed by atoms with E-state index in [0.29, 0.717) is 35.0 Å². The van der Waals surface area contributed by atoms with E-state index in [1.54, 1.807) is 18.2 Å². The molecule has 0 spiro atoms. The van der Waals surface area contributed by atoms with Crippen LogP contribution in [0.3, 0.4) is 0 Å². The first-order valence-corrected chi connectivity index (χ1v) is 11.1. The van der Waals surface area contributed by atoms with Crippen molar-refractivity contribution in [2.75, 3.05) is 20.3 Å². The average Bonchev–Trinajstić information content (AvgIpc) is 2.80. The van der Waals surface area contributed by atoms with Crippen molar-refractivity contribution >= 4 is 17.3 Å². The fraction of sp³-hybridized carbons (Fsp3) is 0.458. The average molecular weight is 464 g/mol. The third-order valence-corrected chi connectivity index (χ3v) is 5.64. The molecule has 1 heterocycles. The van der Waals surface area contributed by atoms with Crippen LogP contribution in [-0.2, 0) is 9.47 Å². The number of hydrogen-bond acceptors (Lipinski definition) is 7. The minimum atomic E-state index is -1.42. The van der Waals surface area contributed by atoms with Crippen LogP contribution >= 0.6 is 11.6 Å². The summed E-state index contributed by atoms with van der Waals surface area (Å²) < 4.78 is 16.4. The molecule has 174 valence electrons. The SMILES string of the molecule is CCC/N=C(/c1ccc(OCC)cc1)c1cc([C@@H]2O[C@H](OC)[C@@H](O)[C@H](O)[C@H]2O)ccc1Cl. The van der Waals surface area contributed by atoms with Gasteiger partial charge in [0, 0.05) is 29.8 Å². The molecule has 0 radical (unpaired) electrons. The van der Waals surface area contributed by atoms with E-state index in [4.69, 9.17) is 30.8 Å². The van der Waals surface area contributed by atoms with Crippen molar-refractivity contribution in [3.8, 4) is 5.75 Å². The summed E-state index contributed by atoms with van der Waals surface area (Å²) in [4.78, 5) is 4.76. The Morgan fingerprint density at radius 1 is 1.03 bits per heavy atom. The molecule has 7 nitrogen and oxygen atoms in total. The Kier molecular flexibility index (Phi) is 8.64. The van der Waals surface area contributed by atoms with Crippen molar-refractivity contribution in [2.45, 2.75) is 51.0 Å². The largest absolute Gasteiger partial charge is 0.494 e. The molecule has 0 amide bonds. The number of nitrogens with zero attached hydrogens (tertiary/aromatic N) is 1. The van der Waals surface area contributed by atoms with E-state index in [-0.39, 0.29) is 0 Å². The Balaban J connectivity index is 2.01. The van der Waals surface area contributed by atoms with Crippen LogP contribution in [0.2, 0.25) is 5.02 Å². The van der Waals surface area contributed by atoms with E-state index in [0.717, 1.165) is 17.7 Å². The normalized spacial score (nSPS) is 26.2. The Hall–Kier alpha value is -2.00. The third-order valence-electron chi connectivity index (χ3n) is 5.31. The standard InChI is InChI=1S/C24H30ClNO6/c1-4-12-26-19(14-6-9-16(10-7-14)31-5-2)17-13-15(8-11-18(17)25)23-21(28)20(27)22(29)24(30-3)32-23/h6-11,13,20-24,27-29H,4-5,12H2,1-3H3/b26-19-/t20-,21-,22+,23+,24+/m1/s1. The van der Waals surface area contributed by atoms with Crippen LogP contribution in [0.4, 0.5) is 0 Å². The maximum absolute atomic E-state index is 10.5. The monoisotopic (exact) mass is 463 g/mol. The van der Waals surface area contributed by atoms with Gasteiger partial charge in [0.2, 0.25) is 0 Å². The Morgan fingerprint density at radius 3 is 2.38 bits per heavy atom. The van der Waals surface area contributed by atoms with Crippen LogP contribution in [0, 0.1) is 0 Å². The number of hydrogen-bond donors (Lipinski definition) is 3. The lowest BCUT2D eigenvalue weighted by molar-refractivity contribution is -0.292. The van der Waals surface area contributed by atoms with Gasteiger partial charge < -0.3 is 29.5 Å². The number of benzene rings is 2. The van der Waals surface area contributed by atoms with Gasteiger partial charge in [0.05, 0.1) is 12.3 Å². The Bertz CT molecular complexity index is 917. The molecule has 0 saturated carbocycles. The summed E-state index contributed by atoms with van der Waals surface area (Å²) in [5, 5.41) is 31.3. The second kappa shape index (κ2) is 11.2. The molecule has 1 aliphatic rings. The van der Waals surface area contributed by atoms with Crippen molar-refractivity contribution in [3.63, 3.8) is 0 Å². The van der Waals surface area contributed by atoms with Crippen molar-refractivity contribution in [2.24, 2.45) is 4.99 Å². The molecule has 3 N–H and O–H groups in total. The molecule has 3 rings (SSSR count). The second-order valence-electron chi connectivity index (χ2n) is 7.56. The van der Waals surface area contributed by atoms with E-state index in [9.17, 15) is 15.3 Å². The first-order chi connectivity index (χ1) is 15.4. The first-order valence-electron chi connectivity index (χ1n) is 10.7. The lowest BCUT2D eigenvalue weighted by Gasteiger charge is -2.40. The zero-order chi connectivity index (χ0) is 23.3. The molecule has 0 aliphatic carbocycles. The van der Waals surface area contributed by atoms with Gasteiger partial charge >= 0.3 is 0 Å². The zero-order valence-corrected chi connectivity index (χ0v) is 19.2. The second-order valence-corrected chi connectivity index (χ2v) is 7.97. The highest BCUT2D eigenvalue weighted by atomic mass is 35.5. The van der Waals surface area contributed by atoms with Gasteiger partial charge in [-0.2, -0.15) is 0 Å². The predicted octanol–water partition coefficient (Wildman–Crippen LogP) is 3.11. The summed E-state index contributed by atoms with van der Waals surface area (Å²) in [6.45, 7) is 5.17. The van der Waals surface area contributed by atoms with E-state index in [2.05, 4.69) is 0 Å². The number of aliphatic imine (C=N–C) groups is 1. The van der Waals surface area contributed by atoms with E-state index in [1.165, 1.54) is 7.11 Å². The fourth-order valence-electron chi connectivity index (χ4n) is 3.65. The lowest BCUT2D eigenvalue weighted by Crippen LogP contribution is -2.54. The van der Waals surface area contributed by atoms with Crippen LogP contribution in [0.15, 0.2) is 47.5 Å². The molecule has 0 aromatic heterocycles. The topological polar surface area (TPSA) is 101 Å². The molecular formula is C24H30ClNO6. The van der Waals surface area contributed by atoms with Crippen LogP contribution in [0.1, 0.15) is 43.1 Å². The summed E-state index contributed by atoms with van der Waals surface area (Å²) in [5.41, 5.74) is 2.83. The summed E-state index contributed by atoms with van der Waals surface area (Å²) in [6.07, 6.45) is -5.24. The third kappa shape index (κ3) is 5.31. The molecule has 1 saturated heterocycles. The van der Waals surface area contributed by atoms with E-state index >= 15 is 0 Å². The molecule has 2 aromatic rings. The molecule has 1 fully saturated rings. The maximum atomic E-state index is 10.5. The number of rotatable bonds is 8.